The summed E-state index contributed by atoms with van der Waals surface area (Å²) >= 11 is 5.97. The number of nitrogens with one attached hydrogen (secondary N) is 1. The van der Waals surface area contributed by atoms with Gasteiger partial charge in [0.1, 0.15) is 18.1 Å². The van der Waals surface area contributed by atoms with Crippen molar-refractivity contribution in [3.63, 3.8) is 0 Å². The molecule has 0 bridgehead atoms. The molecule has 2 aromatic carbocycles. The molecule has 1 amide bonds. The Bertz CT molecular complexity index is 1090. The van der Waals surface area contributed by atoms with E-state index in [0.717, 1.165) is 0 Å². The van der Waals surface area contributed by atoms with Gasteiger partial charge < -0.3 is 15.2 Å². The molecule has 3 rings (SSSR count). The predicted octanol–water partition coefficient (Wildman–Crippen LogP) is 3.05. The number of ether oxygens (including phenoxy) is 1. The number of amides is 1. The van der Waals surface area contributed by atoms with Crippen LogP contribution in [-0.2, 0) is 17.8 Å². The normalized spacial score (nSPS) is 10.7. The van der Waals surface area contributed by atoms with Crippen LogP contribution in [0.25, 0.3) is 11.4 Å². The Morgan fingerprint density at radius 3 is 2.43 bits per heavy atom. The lowest BCUT2D eigenvalue weighted by Crippen LogP contribution is -2.33. The summed E-state index contributed by atoms with van der Waals surface area (Å²) in [6.07, 6.45) is 0.165. The number of hydrogen-bond acceptors (Lipinski definition) is 5. The van der Waals surface area contributed by atoms with Gasteiger partial charge >= 0.3 is 0 Å². The van der Waals surface area contributed by atoms with Crippen LogP contribution in [0.3, 0.4) is 0 Å². The van der Waals surface area contributed by atoms with Gasteiger partial charge in [0.25, 0.3) is 5.56 Å². The van der Waals surface area contributed by atoms with Crippen LogP contribution >= 0.6 is 11.6 Å². The molecule has 0 saturated carbocycles. The van der Waals surface area contributed by atoms with E-state index >= 15 is 0 Å². The van der Waals surface area contributed by atoms with Crippen LogP contribution in [0.15, 0.2) is 53.3 Å². The third kappa shape index (κ3) is 4.87. The fourth-order valence-electron chi connectivity index (χ4n) is 3.08. The number of aliphatic hydroxyl groups is 1. The van der Waals surface area contributed by atoms with E-state index in [1.807, 2.05) is 0 Å². The standard InChI is InChI=1S/C22H22ClN3O4/c1-14-19(11-12-27)22(29)26(21(24-14)15-3-5-16(23)6-4-15)13-20(28)25-17-7-9-18(30-2)10-8-17/h3-10,27H,11-13H2,1-2H3,(H,25,28). The Kier molecular flexibility index (Phi) is 6.87. The number of aliphatic hydroxyl groups excluding tert-OH is 1. The van der Waals surface area contributed by atoms with Gasteiger partial charge in [0.05, 0.1) is 7.11 Å². The third-order valence-corrected chi connectivity index (χ3v) is 4.86. The molecule has 1 aromatic heterocycles. The number of carbonyl (C=O) groups is 1. The fourth-order valence-corrected chi connectivity index (χ4v) is 3.21. The van der Waals surface area contributed by atoms with Crippen LogP contribution < -0.4 is 15.6 Å². The van der Waals surface area contributed by atoms with Crippen LogP contribution in [0, 0.1) is 6.92 Å². The van der Waals surface area contributed by atoms with Crippen LogP contribution in [0.5, 0.6) is 5.75 Å². The van der Waals surface area contributed by atoms with Gasteiger partial charge in [0, 0.05) is 40.6 Å². The van der Waals surface area contributed by atoms with Crippen molar-refractivity contribution in [3.05, 3.63) is 75.2 Å². The van der Waals surface area contributed by atoms with Crippen molar-refractivity contribution in [2.45, 2.75) is 19.9 Å². The average Bonchev–Trinajstić information content (AvgIpc) is 2.74. The van der Waals surface area contributed by atoms with E-state index in [-0.39, 0.29) is 31.0 Å². The first-order chi connectivity index (χ1) is 14.4. The zero-order valence-corrected chi connectivity index (χ0v) is 17.4. The highest BCUT2D eigenvalue weighted by atomic mass is 35.5. The van der Waals surface area contributed by atoms with Crippen LogP contribution in [0.4, 0.5) is 5.69 Å². The molecule has 2 N–H and O–H groups in total. The van der Waals surface area contributed by atoms with Crippen molar-refractivity contribution in [1.82, 2.24) is 9.55 Å². The Labute approximate surface area is 178 Å². The number of aryl methyl sites for hydroxylation is 1. The summed E-state index contributed by atoms with van der Waals surface area (Å²) in [5.74, 6) is 0.657. The summed E-state index contributed by atoms with van der Waals surface area (Å²) in [6.45, 7) is 1.30. The average molecular weight is 428 g/mol. The molecule has 0 unspecified atom stereocenters. The molecule has 3 aromatic rings. The molecule has 1 heterocycles. The monoisotopic (exact) mass is 427 g/mol. The second-order valence-electron chi connectivity index (χ2n) is 6.65. The van der Waals surface area contributed by atoms with Gasteiger partial charge in [-0.3, -0.25) is 14.2 Å². The molecular formula is C22H22ClN3O4. The molecule has 0 saturated heterocycles. The highest BCUT2D eigenvalue weighted by Gasteiger charge is 2.18. The zero-order chi connectivity index (χ0) is 21.7. The molecule has 8 heteroatoms. The highest BCUT2D eigenvalue weighted by Crippen LogP contribution is 2.21. The molecule has 7 nitrogen and oxygen atoms in total. The van der Waals surface area contributed by atoms with Crippen molar-refractivity contribution in [2.24, 2.45) is 0 Å². The summed E-state index contributed by atoms with van der Waals surface area (Å²) in [5.41, 5.74) is 1.79. The maximum atomic E-state index is 13.1. The molecule has 0 aliphatic carbocycles. The Morgan fingerprint density at radius 1 is 1.17 bits per heavy atom. The summed E-state index contributed by atoms with van der Waals surface area (Å²) < 4.78 is 6.43. The van der Waals surface area contributed by atoms with Gasteiger partial charge in [0.2, 0.25) is 5.91 Å². The molecule has 0 aliphatic rings. The smallest absolute Gasteiger partial charge is 0.257 e. The van der Waals surface area contributed by atoms with E-state index in [2.05, 4.69) is 10.3 Å². The number of methoxy groups -OCH3 is 1. The van der Waals surface area contributed by atoms with Crippen molar-refractivity contribution < 1.29 is 14.6 Å². The Morgan fingerprint density at radius 2 is 1.83 bits per heavy atom. The number of carbonyl (C=O) groups excluding carboxylic acids is 1. The SMILES string of the molecule is COc1ccc(NC(=O)Cn2c(-c3ccc(Cl)cc3)nc(C)c(CCO)c2=O)cc1. The first kappa shape index (κ1) is 21.5. The van der Waals surface area contributed by atoms with Crippen LogP contribution in [-0.4, -0.2) is 34.3 Å². The number of hydrogen-bond donors (Lipinski definition) is 2. The number of benzene rings is 2. The Hall–Kier alpha value is -3.16. The number of rotatable bonds is 7. The molecule has 0 spiro atoms. The van der Waals surface area contributed by atoms with E-state index in [1.165, 1.54) is 4.57 Å². The van der Waals surface area contributed by atoms with E-state index in [4.69, 9.17) is 16.3 Å². The summed E-state index contributed by atoms with van der Waals surface area (Å²) in [6, 6.07) is 13.8. The number of aromatic nitrogens is 2. The minimum Gasteiger partial charge on any atom is -0.497 e. The molecule has 156 valence electrons. The number of nitrogens with zero attached hydrogens (tertiary/aromatic N) is 2. The van der Waals surface area contributed by atoms with Crippen LogP contribution in [0.2, 0.25) is 5.02 Å². The van der Waals surface area contributed by atoms with E-state index in [1.54, 1.807) is 62.6 Å². The topological polar surface area (TPSA) is 93.4 Å². The quantitative estimate of drug-likeness (QED) is 0.604. The van der Waals surface area contributed by atoms with E-state index in [9.17, 15) is 14.7 Å². The first-order valence-electron chi connectivity index (χ1n) is 9.34. The lowest BCUT2D eigenvalue weighted by molar-refractivity contribution is -0.116. The molecular weight excluding hydrogens is 406 g/mol. The second kappa shape index (κ2) is 9.56. The van der Waals surface area contributed by atoms with Gasteiger partial charge in [-0.25, -0.2) is 4.98 Å². The summed E-state index contributed by atoms with van der Waals surface area (Å²) in [5, 5.41) is 12.6. The van der Waals surface area contributed by atoms with E-state index < -0.39 is 0 Å². The van der Waals surface area contributed by atoms with Gasteiger partial charge in [0.15, 0.2) is 0 Å². The zero-order valence-electron chi connectivity index (χ0n) is 16.7. The van der Waals surface area contributed by atoms with Crippen molar-refractivity contribution >= 4 is 23.2 Å². The second-order valence-corrected chi connectivity index (χ2v) is 7.08. The molecule has 0 aliphatic heterocycles. The van der Waals surface area contributed by atoms with Gasteiger partial charge in [-0.2, -0.15) is 0 Å². The predicted molar refractivity (Wildman–Crippen MR) is 116 cm³/mol. The number of halogens is 1. The largest absolute Gasteiger partial charge is 0.497 e. The van der Waals surface area contributed by atoms with Crippen LogP contribution in [0.1, 0.15) is 11.3 Å². The maximum absolute atomic E-state index is 13.1. The van der Waals surface area contributed by atoms with Crippen molar-refractivity contribution in [2.75, 3.05) is 19.0 Å². The minimum absolute atomic E-state index is 0.165. The molecule has 0 atom stereocenters. The van der Waals surface area contributed by atoms with E-state index in [0.29, 0.717) is 39.1 Å². The Balaban J connectivity index is 1.97. The maximum Gasteiger partial charge on any atom is 0.257 e. The van der Waals surface area contributed by atoms with Gasteiger partial charge in [-0.1, -0.05) is 11.6 Å². The lowest BCUT2D eigenvalue weighted by atomic mass is 10.1. The van der Waals surface area contributed by atoms with Gasteiger partial charge in [-0.05, 0) is 55.5 Å². The highest BCUT2D eigenvalue weighted by molar-refractivity contribution is 6.30. The number of anilines is 1. The van der Waals surface area contributed by atoms with Crippen molar-refractivity contribution in [3.8, 4) is 17.1 Å². The van der Waals surface area contributed by atoms with Gasteiger partial charge in [-0.15, -0.1) is 0 Å². The third-order valence-electron chi connectivity index (χ3n) is 4.61. The molecule has 30 heavy (non-hydrogen) atoms. The lowest BCUT2D eigenvalue weighted by Gasteiger charge is -2.16. The first-order valence-corrected chi connectivity index (χ1v) is 9.71. The molecule has 0 radical (unpaired) electrons. The summed E-state index contributed by atoms with van der Waals surface area (Å²) in [4.78, 5) is 30.3. The fraction of sp³-hybridized carbons (Fsp3) is 0.227. The minimum atomic E-state index is -0.377. The van der Waals surface area contributed by atoms with Crippen molar-refractivity contribution in [1.29, 1.82) is 0 Å². The molecule has 0 fully saturated rings. The summed E-state index contributed by atoms with van der Waals surface area (Å²) in [7, 11) is 1.56.